The summed E-state index contributed by atoms with van der Waals surface area (Å²) in [4.78, 5) is 47.4. The second-order valence-electron chi connectivity index (χ2n) is 9.27. The van der Waals surface area contributed by atoms with Gasteiger partial charge in [0.1, 0.15) is 11.7 Å². The summed E-state index contributed by atoms with van der Waals surface area (Å²) in [6, 6.07) is 8.17. The number of hydrogen-bond donors (Lipinski definition) is 0. The van der Waals surface area contributed by atoms with E-state index in [1.807, 2.05) is 38.1 Å². The van der Waals surface area contributed by atoms with Crippen molar-refractivity contribution in [1.82, 2.24) is 14.8 Å². The summed E-state index contributed by atoms with van der Waals surface area (Å²) in [5.41, 5.74) is 1.84. The molecule has 0 saturated carbocycles. The van der Waals surface area contributed by atoms with Crippen molar-refractivity contribution in [1.29, 1.82) is 0 Å². The topological polar surface area (TPSA) is 79.8 Å². The van der Waals surface area contributed by atoms with E-state index in [-0.39, 0.29) is 5.78 Å². The highest BCUT2D eigenvalue weighted by atomic mass is 16.5. The molecule has 176 valence electrons. The number of aryl methyl sites for hydroxylation is 1. The lowest BCUT2D eigenvalue weighted by Crippen LogP contribution is -2.33. The summed E-state index contributed by atoms with van der Waals surface area (Å²) in [7, 11) is 3.92. The molecule has 3 rings (SSSR count). The van der Waals surface area contributed by atoms with Gasteiger partial charge in [-0.1, -0.05) is 19.9 Å². The van der Waals surface area contributed by atoms with Crippen LogP contribution < -0.4 is 4.74 Å². The third kappa shape index (κ3) is 5.66. The summed E-state index contributed by atoms with van der Waals surface area (Å²) >= 11 is 0. The van der Waals surface area contributed by atoms with Crippen molar-refractivity contribution < 1.29 is 19.1 Å². The van der Waals surface area contributed by atoms with Gasteiger partial charge in [-0.3, -0.25) is 19.4 Å². The summed E-state index contributed by atoms with van der Waals surface area (Å²) in [6.45, 7) is 7.70. The Morgan fingerprint density at radius 2 is 1.97 bits per heavy atom. The molecular formula is C26H33N3O4. The van der Waals surface area contributed by atoms with Crippen LogP contribution in [0, 0.1) is 18.8 Å². The van der Waals surface area contributed by atoms with Gasteiger partial charge < -0.3 is 14.5 Å². The SMILES string of the molecule is Cc1cc(OCC(C)C)ccc1C(=O)C1C(=O)C(=O)N(CCCN(C)C)C1c1cccnc1. The quantitative estimate of drug-likeness (QED) is 0.313. The fourth-order valence-electron chi connectivity index (χ4n) is 4.14. The molecule has 1 aromatic heterocycles. The van der Waals surface area contributed by atoms with Gasteiger partial charge in [0.2, 0.25) is 5.78 Å². The maximum atomic E-state index is 13.6. The van der Waals surface area contributed by atoms with Gasteiger partial charge in [-0.2, -0.15) is 0 Å². The molecule has 0 N–H and O–H groups in total. The highest BCUT2D eigenvalue weighted by Crippen LogP contribution is 2.38. The van der Waals surface area contributed by atoms with Crippen LogP contribution in [-0.2, 0) is 9.59 Å². The summed E-state index contributed by atoms with van der Waals surface area (Å²) in [5.74, 6) is -1.63. The fraction of sp³-hybridized carbons (Fsp3) is 0.462. The predicted molar refractivity (Wildman–Crippen MR) is 126 cm³/mol. The maximum Gasteiger partial charge on any atom is 0.291 e. The fourth-order valence-corrected chi connectivity index (χ4v) is 4.14. The van der Waals surface area contributed by atoms with Crippen LogP contribution in [-0.4, -0.2) is 66.0 Å². The van der Waals surface area contributed by atoms with Gasteiger partial charge in [0.25, 0.3) is 5.91 Å². The van der Waals surface area contributed by atoms with E-state index in [2.05, 4.69) is 18.8 Å². The first-order valence-corrected chi connectivity index (χ1v) is 11.4. The number of nitrogens with zero attached hydrogens (tertiary/aromatic N) is 3. The molecule has 0 bridgehead atoms. The normalized spacial score (nSPS) is 18.5. The molecule has 2 atom stereocenters. The number of carbonyl (C=O) groups excluding carboxylic acids is 3. The summed E-state index contributed by atoms with van der Waals surface area (Å²) in [5, 5.41) is 0. The maximum absolute atomic E-state index is 13.6. The van der Waals surface area contributed by atoms with Crippen LogP contribution in [0.3, 0.4) is 0 Å². The molecule has 2 heterocycles. The lowest BCUT2D eigenvalue weighted by atomic mass is 9.85. The Bertz CT molecular complexity index is 1000. The first-order chi connectivity index (χ1) is 15.7. The van der Waals surface area contributed by atoms with Crippen molar-refractivity contribution in [2.75, 3.05) is 33.8 Å². The van der Waals surface area contributed by atoms with E-state index in [0.29, 0.717) is 42.4 Å². The van der Waals surface area contributed by atoms with Gasteiger partial charge in [0.15, 0.2) is 5.78 Å². The van der Waals surface area contributed by atoms with Gasteiger partial charge in [0.05, 0.1) is 12.6 Å². The Hall–Kier alpha value is -3.06. The Labute approximate surface area is 195 Å². The minimum atomic E-state index is -1.10. The van der Waals surface area contributed by atoms with Crippen molar-refractivity contribution in [2.24, 2.45) is 11.8 Å². The van der Waals surface area contributed by atoms with Crippen LogP contribution in [0.25, 0.3) is 0 Å². The third-order valence-electron chi connectivity index (χ3n) is 5.77. The van der Waals surface area contributed by atoms with Crippen LogP contribution >= 0.6 is 0 Å². The van der Waals surface area contributed by atoms with Crippen molar-refractivity contribution in [3.8, 4) is 5.75 Å². The third-order valence-corrected chi connectivity index (χ3v) is 5.77. The largest absolute Gasteiger partial charge is 0.493 e. The molecule has 0 aliphatic carbocycles. The molecule has 1 amide bonds. The number of aromatic nitrogens is 1. The number of hydrogen-bond acceptors (Lipinski definition) is 6. The van der Waals surface area contributed by atoms with Crippen LogP contribution in [0.4, 0.5) is 0 Å². The lowest BCUT2D eigenvalue weighted by Gasteiger charge is -2.27. The minimum Gasteiger partial charge on any atom is -0.493 e. The average Bonchev–Trinajstić information content (AvgIpc) is 3.02. The van der Waals surface area contributed by atoms with Gasteiger partial charge in [0, 0.05) is 24.5 Å². The number of benzene rings is 1. The van der Waals surface area contributed by atoms with E-state index in [1.165, 1.54) is 0 Å². The van der Waals surface area contributed by atoms with Crippen LogP contribution in [0.5, 0.6) is 5.75 Å². The van der Waals surface area contributed by atoms with Crippen molar-refractivity contribution in [3.05, 3.63) is 59.4 Å². The molecule has 2 unspecified atom stereocenters. The van der Waals surface area contributed by atoms with Crippen LogP contribution in [0.15, 0.2) is 42.7 Å². The number of ether oxygens (including phenoxy) is 1. The van der Waals surface area contributed by atoms with Crippen molar-refractivity contribution in [3.63, 3.8) is 0 Å². The highest BCUT2D eigenvalue weighted by Gasteiger charge is 2.51. The molecule has 33 heavy (non-hydrogen) atoms. The van der Waals surface area contributed by atoms with Gasteiger partial charge in [-0.25, -0.2) is 0 Å². The van der Waals surface area contributed by atoms with E-state index < -0.39 is 23.7 Å². The predicted octanol–water partition coefficient (Wildman–Crippen LogP) is 3.33. The Kier molecular flexibility index (Phi) is 7.97. The Morgan fingerprint density at radius 3 is 2.58 bits per heavy atom. The number of carbonyl (C=O) groups is 3. The first kappa shape index (κ1) is 24.6. The number of rotatable bonds is 10. The number of ketones is 2. The van der Waals surface area contributed by atoms with E-state index in [0.717, 1.165) is 12.1 Å². The van der Waals surface area contributed by atoms with E-state index in [4.69, 9.17) is 4.74 Å². The number of likely N-dealkylation sites (tertiary alicyclic amines) is 1. The molecule has 7 heteroatoms. The molecule has 1 aliphatic heterocycles. The second-order valence-corrected chi connectivity index (χ2v) is 9.27. The molecule has 0 spiro atoms. The Balaban J connectivity index is 1.93. The molecule has 1 fully saturated rings. The van der Waals surface area contributed by atoms with E-state index in [9.17, 15) is 14.4 Å². The number of Topliss-reactive ketones (excluding diaryl/α,β-unsaturated/α-hetero) is 2. The van der Waals surface area contributed by atoms with Crippen LogP contribution in [0.2, 0.25) is 0 Å². The molecule has 7 nitrogen and oxygen atoms in total. The molecule has 1 aromatic carbocycles. The Morgan fingerprint density at radius 1 is 1.21 bits per heavy atom. The smallest absolute Gasteiger partial charge is 0.291 e. The molecule has 1 aliphatic rings. The molecular weight excluding hydrogens is 418 g/mol. The molecule has 0 radical (unpaired) electrons. The van der Waals surface area contributed by atoms with Crippen molar-refractivity contribution >= 4 is 17.5 Å². The second kappa shape index (κ2) is 10.7. The minimum absolute atomic E-state index is 0.342. The first-order valence-electron chi connectivity index (χ1n) is 11.4. The average molecular weight is 452 g/mol. The number of amides is 1. The van der Waals surface area contributed by atoms with E-state index in [1.54, 1.807) is 35.5 Å². The zero-order valence-electron chi connectivity index (χ0n) is 20.1. The van der Waals surface area contributed by atoms with Crippen LogP contribution in [0.1, 0.15) is 47.8 Å². The van der Waals surface area contributed by atoms with Gasteiger partial charge in [-0.15, -0.1) is 0 Å². The molecule has 2 aromatic rings. The van der Waals surface area contributed by atoms with Gasteiger partial charge in [-0.05, 0) is 75.3 Å². The zero-order chi connectivity index (χ0) is 24.1. The molecule has 1 saturated heterocycles. The highest BCUT2D eigenvalue weighted by molar-refractivity contribution is 6.44. The lowest BCUT2D eigenvalue weighted by molar-refractivity contribution is -0.140. The van der Waals surface area contributed by atoms with E-state index >= 15 is 0 Å². The standard InChI is InChI=1S/C26H33N3O4/c1-17(2)16-33-20-9-10-21(18(3)14-20)24(30)22-23(19-8-6-11-27-15-19)29(26(32)25(22)31)13-7-12-28(4)5/h6,8-11,14-15,17,22-23H,7,12-13,16H2,1-5H3. The summed E-state index contributed by atoms with van der Waals surface area (Å²) < 4.78 is 5.76. The number of pyridine rings is 1. The summed E-state index contributed by atoms with van der Waals surface area (Å²) in [6.07, 6.45) is 3.96. The van der Waals surface area contributed by atoms with Gasteiger partial charge >= 0.3 is 0 Å². The van der Waals surface area contributed by atoms with Crippen molar-refractivity contribution in [2.45, 2.75) is 33.2 Å². The monoisotopic (exact) mass is 451 g/mol. The zero-order valence-corrected chi connectivity index (χ0v) is 20.1.